The molecule has 1 aromatic heterocycles. The van der Waals surface area contributed by atoms with Gasteiger partial charge < -0.3 is 5.73 Å². The summed E-state index contributed by atoms with van der Waals surface area (Å²) in [6.07, 6.45) is 0.0165. The Bertz CT molecular complexity index is 606. The third-order valence-electron chi connectivity index (χ3n) is 2.66. The summed E-state index contributed by atoms with van der Waals surface area (Å²) in [4.78, 5) is 23.1. The second-order valence-electron chi connectivity index (χ2n) is 3.84. The fourth-order valence-electron chi connectivity index (χ4n) is 1.80. The van der Waals surface area contributed by atoms with E-state index in [2.05, 4.69) is 0 Å². The molecule has 3 N–H and O–H groups in total. The summed E-state index contributed by atoms with van der Waals surface area (Å²) in [5.74, 6) is -1.84. The van der Waals surface area contributed by atoms with Crippen molar-refractivity contribution in [2.45, 2.75) is 12.3 Å². The van der Waals surface area contributed by atoms with Gasteiger partial charge in [0.2, 0.25) is 11.8 Å². The van der Waals surface area contributed by atoms with Crippen LogP contribution >= 0.6 is 11.3 Å². The SMILES string of the molecule is NC(=O)Cc1sccc1C1CN(S(=O)(=O)O)C1=O. The second kappa shape index (κ2) is 4.34. The van der Waals surface area contributed by atoms with Crippen molar-refractivity contribution in [1.29, 1.82) is 0 Å². The van der Waals surface area contributed by atoms with Crippen molar-refractivity contribution < 1.29 is 22.6 Å². The molecule has 1 saturated heterocycles. The molecule has 0 radical (unpaired) electrons. The van der Waals surface area contributed by atoms with Crippen LogP contribution in [0.25, 0.3) is 0 Å². The van der Waals surface area contributed by atoms with E-state index in [1.54, 1.807) is 11.4 Å². The van der Waals surface area contributed by atoms with Gasteiger partial charge in [0.1, 0.15) is 0 Å². The van der Waals surface area contributed by atoms with Gasteiger partial charge in [0.25, 0.3) is 0 Å². The molecule has 0 spiro atoms. The minimum absolute atomic E-state index is 0.0165. The molecule has 0 saturated carbocycles. The van der Waals surface area contributed by atoms with Crippen LogP contribution < -0.4 is 5.73 Å². The van der Waals surface area contributed by atoms with Crippen LogP contribution in [-0.4, -0.2) is 35.6 Å². The molecule has 1 aromatic rings. The minimum Gasteiger partial charge on any atom is -0.369 e. The largest absolute Gasteiger partial charge is 0.369 e. The highest BCUT2D eigenvalue weighted by Gasteiger charge is 2.45. The smallest absolute Gasteiger partial charge is 0.362 e. The zero-order valence-electron chi connectivity index (χ0n) is 9.07. The van der Waals surface area contributed by atoms with Crippen molar-refractivity contribution in [3.63, 3.8) is 0 Å². The fourth-order valence-corrected chi connectivity index (χ4v) is 3.44. The standard InChI is InChI=1S/C9H10N2O5S2/c10-8(12)3-7-5(1-2-17-7)6-4-11(9(6)13)18(14,15)16/h1-2,6H,3-4H2,(H2,10,12)(H,14,15,16). The Kier molecular flexibility index (Phi) is 3.13. The van der Waals surface area contributed by atoms with Crippen LogP contribution in [0.15, 0.2) is 11.4 Å². The van der Waals surface area contributed by atoms with Crippen molar-refractivity contribution in [1.82, 2.24) is 4.31 Å². The van der Waals surface area contributed by atoms with Crippen LogP contribution in [0.1, 0.15) is 16.4 Å². The van der Waals surface area contributed by atoms with Gasteiger partial charge in [-0.15, -0.1) is 11.3 Å². The molecule has 0 aliphatic carbocycles. The lowest BCUT2D eigenvalue weighted by molar-refractivity contribution is -0.136. The summed E-state index contributed by atoms with van der Waals surface area (Å²) in [5, 5.41) is 1.71. The Morgan fingerprint density at radius 1 is 1.61 bits per heavy atom. The molecule has 1 unspecified atom stereocenters. The molecule has 1 aliphatic heterocycles. The molecule has 0 aromatic carbocycles. The highest BCUT2D eigenvalue weighted by atomic mass is 32.2. The lowest BCUT2D eigenvalue weighted by atomic mass is 9.92. The molecule has 2 amide bonds. The number of β-lactam (4-membered cyclic amide) rings is 1. The highest BCUT2D eigenvalue weighted by molar-refractivity contribution is 7.84. The number of nitrogens with zero attached hydrogens (tertiary/aromatic N) is 1. The summed E-state index contributed by atoms with van der Waals surface area (Å²) >= 11 is 1.28. The van der Waals surface area contributed by atoms with Crippen molar-refractivity contribution >= 4 is 33.5 Å². The second-order valence-corrected chi connectivity index (χ2v) is 6.18. The molecule has 7 nitrogen and oxygen atoms in total. The molecular formula is C9H10N2O5S2. The quantitative estimate of drug-likeness (QED) is 0.573. The normalized spacial score (nSPS) is 19.7. The Hall–Kier alpha value is -1.45. The molecule has 2 rings (SSSR count). The van der Waals surface area contributed by atoms with Crippen molar-refractivity contribution in [3.8, 4) is 0 Å². The number of hydrogen-bond acceptors (Lipinski definition) is 5. The predicted octanol–water partition coefficient (Wildman–Crippen LogP) is -0.495. The van der Waals surface area contributed by atoms with E-state index in [4.69, 9.17) is 10.3 Å². The van der Waals surface area contributed by atoms with Crippen LogP contribution in [0.5, 0.6) is 0 Å². The summed E-state index contributed by atoms with van der Waals surface area (Å²) in [5.41, 5.74) is 5.68. The Balaban J connectivity index is 2.19. The predicted molar refractivity (Wildman–Crippen MR) is 63.2 cm³/mol. The first-order valence-corrected chi connectivity index (χ1v) is 7.22. The van der Waals surface area contributed by atoms with Gasteiger partial charge in [-0.05, 0) is 17.0 Å². The van der Waals surface area contributed by atoms with E-state index in [1.807, 2.05) is 0 Å². The van der Waals surface area contributed by atoms with Gasteiger partial charge in [-0.2, -0.15) is 8.42 Å². The number of primary amides is 1. The Labute approximate surface area is 107 Å². The zero-order valence-corrected chi connectivity index (χ0v) is 10.7. The lowest BCUT2D eigenvalue weighted by Crippen LogP contribution is -2.53. The highest BCUT2D eigenvalue weighted by Crippen LogP contribution is 2.34. The Morgan fingerprint density at radius 2 is 2.28 bits per heavy atom. The van der Waals surface area contributed by atoms with Gasteiger partial charge in [0.05, 0.1) is 18.9 Å². The van der Waals surface area contributed by atoms with Gasteiger partial charge in [0, 0.05) is 4.88 Å². The molecule has 18 heavy (non-hydrogen) atoms. The Morgan fingerprint density at radius 3 is 2.78 bits per heavy atom. The molecular weight excluding hydrogens is 280 g/mol. The van der Waals surface area contributed by atoms with E-state index in [1.165, 1.54) is 11.3 Å². The molecule has 9 heteroatoms. The first-order valence-electron chi connectivity index (χ1n) is 4.94. The van der Waals surface area contributed by atoms with Gasteiger partial charge in [-0.25, -0.2) is 4.31 Å². The monoisotopic (exact) mass is 290 g/mol. The molecule has 1 aliphatic rings. The fraction of sp³-hybridized carbons (Fsp3) is 0.333. The van der Waals surface area contributed by atoms with E-state index in [9.17, 15) is 18.0 Å². The number of carbonyl (C=O) groups excluding carboxylic acids is 2. The molecule has 1 fully saturated rings. The van der Waals surface area contributed by atoms with E-state index in [-0.39, 0.29) is 13.0 Å². The number of carbonyl (C=O) groups is 2. The van der Waals surface area contributed by atoms with Crippen molar-refractivity contribution in [2.75, 3.05) is 6.54 Å². The number of amides is 2. The van der Waals surface area contributed by atoms with Gasteiger partial charge >= 0.3 is 10.3 Å². The molecule has 0 bridgehead atoms. The molecule has 98 valence electrons. The zero-order chi connectivity index (χ0) is 13.5. The van der Waals surface area contributed by atoms with E-state index in [0.717, 1.165) is 0 Å². The maximum Gasteiger partial charge on any atom is 0.362 e. The average Bonchev–Trinajstić information content (AvgIpc) is 2.61. The average molecular weight is 290 g/mol. The number of thiophene rings is 1. The summed E-state index contributed by atoms with van der Waals surface area (Å²) in [6.45, 7) is -0.111. The van der Waals surface area contributed by atoms with E-state index < -0.39 is 28.0 Å². The number of rotatable bonds is 4. The molecule has 1 atom stereocenters. The summed E-state index contributed by atoms with van der Waals surface area (Å²) in [7, 11) is -4.48. The van der Waals surface area contributed by atoms with Gasteiger partial charge in [-0.3, -0.25) is 14.1 Å². The third-order valence-corrected chi connectivity index (χ3v) is 4.48. The van der Waals surface area contributed by atoms with E-state index >= 15 is 0 Å². The first-order chi connectivity index (χ1) is 8.30. The number of nitrogens with two attached hydrogens (primary N) is 1. The van der Waals surface area contributed by atoms with E-state index in [0.29, 0.717) is 14.7 Å². The van der Waals surface area contributed by atoms with Crippen molar-refractivity contribution in [3.05, 3.63) is 21.9 Å². The minimum atomic E-state index is -4.48. The molecule has 2 heterocycles. The lowest BCUT2D eigenvalue weighted by Gasteiger charge is -2.35. The third kappa shape index (κ3) is 2.24. The summed E-state index contributed by atoms with van der Waals surface area (Å²) < 4.78 is 30.7. The van der Waals surface area contributed by atoms with Crippen LogP contribution in [0, 0.1) is 0 Å². The maximum atomic E-state index is 11.6. The topological polar surface area (TPSA) is 118 Å². The van der Waals surface area contributed by atoms with Crippen LogP contribution in [-0.2, 0) is 26.3 Å². The van der Waals surface area contributed by atoms with Crippen LogP contribution in [0.3, 0.4) is 0 Å². The number of hydrogen-bond donors (Lipinski definition) is 2. The van der Waals surface area contributed by atoms with Gasteiger partial charge in [0.15, 0.2) is 0 Å². The maximum absolute atomic E-state index is 11.6. The first kappa shape index (κ1) is 13.0. The van der Waals surface area contributed by atoms with Crippen LogP contribution in [0.2, 0.25) is 0 Å². The summed E-state index contributed by atoms with van der Waals surface area (Å²) in [6, 6.07) is 1.66. The van der Waals surface area contributed by atoms with Crippen molar-refractivity contribution in [2.24, 2.45) is 5.73 Å². The van der Waals surface area contributed by atoms with Gasteiger partial charge in [-0.1, -0.05) is 0 Å². The van der Waals surface area contributed by atoms with Crippen LogP contribution in [0.4, 0.5) is 0 Å².